The number of nitrogens with one attached hydrogen (secondary N) is 1. The molecule has 4 heteroatoms. The van der Waals surface area contributed by atoms with Crippen LogP contribution in [0.25, 0.3) is 0 Å². The number of pyridine rings is 1. The van der Waals surface area contributed by atoms with Crippen molar-refractivity contribution >= 4 is 5.91 Å². The number of carbonyl (C=O) groups is 1. The van der Waals surface area contributed by atoms with E-state index in [0.29, 0.717) is 18.7 Å². The largest absolute Gasteiger partial charge is 0.489 e. The first-order valence-electron chi connectivity index (χ1n) is 8.17. The number of hydrogen-bond acceptors (Lipinski definition) is 3. The number of nitrogens with zero attached hydrogens (tertiary/aromatic N) is 1. The Hall–Kier alpha value is -3.14. The number of rotatable bonds is 6. The molecule has 0 bridgehead atoms. The third-order valence-corrected chi connectivity index (χ3v) is 3.80. The van der Waals surface area contributed by atoms with Gasteiger partial charge in [0.2, 0.25) is 0 Å². The average Bonchev–Trinajstić information content (AvgIpc) is 2.67. The van der Waals surface area contributed by atoms with Gasteiger partial charge >= 0.3 is 0 Å². The summed E-state index contributed by atoms with van der Waals surface area (Å²) < 4.78 is 5.72. The van der Waals surface area contributed by atoms with Gasteiger partial charge in [-0.2, -0.15) is 0 Å². The second-order valence-corrected chi connectivity index (χ2v) is 5.79. The Balaban J connectivity index is 1.50. The van der Waals surface area contributed by atoms with E-state index in [4.69, 9.17) is 4.74 Å². The van der Waals surface area contributed by atoms with Crippen molar-refractivity contribution in [3.8, 4) is 5.75 Å². The molecule has 0 aliphatic carbocycles. The molecule has 1 N–H and O–H groups in total. The zero-order valence-corrected chi connectivity index (χ0v) is 14.1. The second-order valence-electron chi connectivity index (χ2n) is 5.79. The van der Waals surface area contributed by atoms with Crippen LogP contribution in [0, 0.1) is 6.92 Å². The van der Waals surface area contributed by atoms with Crippen molar-refractivity contribution in [1.29, 1.82) is 0 Å². The fraction of sp³-hybridized carbons (Fsp3) is 0.143. The fourth-order valence-corrected chi connectivity index (χ4v) is 2.32. The van der Waals surface area contributed by atoms with Gasteiger partial charge in [-0.05, 0) is 42.3 Å². The Labute approximate surface area is 147 Å². The Kier molecular flexibility index (Phi) is 5.42. The highest BCUT2D eigenvalue weighted by molar-refractivity contribution is 5.93. The molecule has 0 spiro atoms. The topological polar surface area (TPSA) is 51.2 Å². The zero-order valence-electron chi connectivity index (χ0n) is 14.1. The molecule has 1 aromatic heterocycles. The van der Waals surface area contributed by atoms with Crippen LogP contribution in [0.15, 0.2) is 72.9 Å². The Morgan fingerprint density at radius 2 is 1.68 bits per heavy atom. The predicted octanol–water partition coefficient (Wildman–Crippen LogP) is 3.90. The van der Waals surface area contributed by atoms with Gasteiger partial charge in [0.05, 0.1) is 5.56 Å². The van der Waals surface area contributed by atoms with Crippen LogP contribution < -0.4 is 10.1 Å². The third kappa shape index (κ3) is 4.91. The van der Waals surface area contributed by atoms with Crippen molar-refractivity contribution in [3.63, 3.8) is 0 Å². The number of ether oxygens (including phenoxy) is 1. The second kappa shape index (κ2) is 8.11. The molecular formula is C21H20N2O2. The van der Waals surface area contributed by atoms with Crippen LogP contribution in [0.2, 0.25) is 0 Å². The van der Waals surface area contributed by atoms with E-state index < -0.39 is 0 Å². The maximum atomic E-state index is 12.1. The lowest BCUT2D eigenvalue weighted by Gasteiger charge is -2.08. The van der Waals surface area contributed by atoms with E-state index in [2.05, 4.69) is 10.3 Å². The van der Waals surface area contributed by atoms with Crippen molar-refractivity contribution in [1.82, 2.24) is 10.3 Å². The van der Waals surface area contributed by atoms with Gasteiger partial charge in [0.25, 0.3) is 5.91 Å². The minimum atomic E-state index is -0.121. The number of aryl methyl sites for hydroxylation is 1. The van der Waals surface area contributed by atoms with E-state index in [9.17, 15) is 4.79 Å². The molecular weight excluding hydrogens is 312 g/mol. The van der Waals surface area contributed by atoms with Gasteiger partial charge in [-0.3, -0.25) is 9.78 Å². The lowest BCUT2D eigenvalue weighted by molar-refractivity contribution is 0.0950. The van der Waals surface area contributed by atoms with Crippen LogP contribution in [-0.4, -0.2) is 10.9 Å². The maximum Gasteiger partial charge on any atom is 0.253 e. The van der Waals surface area contributed by atoms with E-state index in [0.717, 1.165) is 22.6 Å². The number of para-hydroxylation sites is 1. The van der Waals surface area contributed by atoms with Crippen molar-refractivity contribution in [2.75, 3.05) is 0 Å². The Morgan fingerprint density at radius 3 is 2.36 bits per heavy atom. The summed E-state index contributed by atoms with van der Waals surface area (Å²) in [6.45, 7) is 2.89. The molecule has 3 aromatic rings. The van der Waals surface area contributed by atoms with E-state index in [1.807, 2.05) is 67.6 Å². The minimum absolute atomic E-state index is 0.121. The SMILES string of the molecule is Cc1ccc(C(=O)NCc2ccc(COc3ccccc3)cc2)cn1. The first-order chi connectivity index (χ1) is 12.2. The van der Waals surface area contributed by atoms with Gasteiger partial charge in [-0.15, -0.1) is 0 Å². The smallest absolute Gasteiger partial charge is 0.253 e. The quantitative estimate of drug-likeness (QED) is 0.745. The number of aromatic nitrogens is 1. The molecule has 0 unspecified atom stereocenters. The molecule has 0 aliphatic rings. The van der Waals surface area contributed by atoms with E-state index in [1.54, 1.807) is 12.3 Å². The third-order valence-electron chi connectivity index (χ3n) is 3.80. The predicted molar refractivity (Wildman–Crippen MR) is 97.4 cm³/mol. The molecule has 0 radical (unpaired) electrons. The molecule has 1 amide bonds. The summed E-state index contributed by atoms with van der Waals surface area (Å²) in [6, 6.07) is 21.4. The van der Waals surface area contributed by atoms with E-state index >= 15 is 0 Å². The first kappa shape index (κ1) is 16.7. The highest BCUT2D eigenvalue weighted by Gasteiger charge is 2.05. The van der Waals surface area contributed by atoms with Gasteiger partial charge in [-0.25, -0.2) is 0 Å². The average molecular weight is 332 g/mol. The molecule has 25 heavy (non-hydrogen) atoms. The standard InChI is InChI=1S/C21H20N2O2/c1-16-7-12-19(14-22-16)21(24)23-13-17-8-10-18(11-9-17)15-25-20-5-3-2-4-6-20/h2-12,14H,13,15H2,1H3,(H,23,24). The van der Waals surface area contributed by atoms with Crippen molar-refractivity contribution in [2.24, 2.45) is 0 Å². The summed E-state index contributed by atoms with van der Waals surface area (Å²) >= 11 is 0. The number of hydrogen-bond donors (Lipinski definition) is 1. The van der Waals surface area contributed by atoms with Crippen LogP contribution in [0.3, 0.4) is 0 Å². The van der Waals surface area contributed by atoms with Crippen LogP contribution in [-0.2, 0) is 13.2 Å². The van der Waals surface area contributed by atoms with Gasteiger partial charge in [0, 0.05) is 18.4 Å². The van der Waals surface area contributed by atoms with E-state index in [-0.39, 0.29) is 5.91 Å². The summed E-state index contributed by atoms with van der Waals surface area (Å²) in [6.07, 6.45) is 1.59. The number of carbonyl (C=O) groups excluding carboxylic acids is 1. The summed E-state index contributed by atoms with van der Waals surface area (Å²) in [5, 5.41) is 2.90. The molecule has 0 atom stereocenters. The van der Waals surface area contributed by atoms with Crippen LogP contribution in [0.5, 0.6) is 5.75 Å². The summed E-state index contributed by atoms with van der Waals surface area (Å²) in [7, 11) is 0. The molecule has 2 aromatic carbocycles. The highest BCUT2D eigenvalue weighted by Crippen LogP contribution is 2.12. The summed E-state index contributed by atoms with van der Waals surface area (Å²) in [5.74, 6) is 0.731. The van der Waals surface area contributed by atoms with Crippen LogP contribution in [0.4, 0.5) is 0 Å². The van der Waals surface area contributed by atoms with Crippen molar-refractivity contribution in [2.45, 2.75) is 20.1 Å². The van der Waals surface area contributed by atoms with E-state index in [1.165, 1.54) is 0 Å². The molecule has 126 valence electrons. The normalized spacial score (nSPS) is 10.3. The lowest BCUT2D eigenvalue weighted by Crippen LogP contribution is -2.22. The molecule has 0 saturated carbocycles. The lowest BCUT2D eigenvalue weighted by atomic mass is 10.1. The van der Waals surface area contributed by atoms with Gasteiger partial charge in [-0.1, -0.05) is 42.5 Å². The zero-order chi connectivity index (χ0) is 17.5. The molecule has 3 rings (SSSR count). The molecule has 4 nitrogen and oxygen atoms in total. The van der Waals surface area contributed by atoms with Crippen molar-refractivity contribution in [3.05, 3.63) is 95.3 Å². The van der Waals surface area contributed by atoms with Crippen LogP contribution in [0.1, 0.15) is 27.2 Å². The first-order valence-corrected chi connectivity index (χ1v) is 8.17. The van der Waals surface area contributed by atoms with Gasteiger partial charge in [0.1, 0.15) is 12.4 Å². The van der Waals surface area contributed by atoms with Gasteiger partial charge in [0.15, 0.2) is 0 Å². The summed E-state index contributed by atoms with van der Waals surface area (Å²) in [5.41, 5.74) is 3.59. The molecule has 0 aliphatic heterocycles. The van der Waals surface area contributed by atoms with Crippen LogP contribution >= 0.6 is 0 Å². The maximum absolute atomic E-state index is 12.1. The monoisotopic (exact) mass is 332 g/mol. The molecule has 0 saturated heterocycles. The molecule has 1 heterocycles. The molecule has 0 fully saturated rings. The van der Waals surface area contributed by atoms with Crippen molar-refractivity contribution < 1.29 is 9.53 Å². The Morgan fingerprint density at radius 1 is 0.960 bits per heavy atom. The summed E-state index contributed by atoms with van der Waals surface area (Å²) in [4.78, 5) is 16.2. The minimum Gasteiger partial charge on any atom is -0.489 e. The highest BCUT2D eigenvalue weighted by atomic mass is 16.5. The number of benzene rings is 2. The van der Waals surface area contributed by atoms with Gasteiger partial charge < -0.3 is 10.1 Å². The fourth-order valence-electron chi connectivity index (χ4n) is 2.32. The number of amides is 1. The Bertz CT molecular complexity index is 813.